The first-order valence-corrected chi connectivity index (χ1v) is 6.46. The van der Waals surface area contributed by atoms with Crippen LogP contribution in [0.5, 0.6) is 0 Å². The van der Waals surface area contributed by atoms with Gasteiger partial charge < -0.3 is 0 Å². The van der Waals surface area contributed by atoms with E-state index in [2.05, 4.69) is 0 Å². The van der Waals surface area contributed by atoms with E-state index in [1.54, 1.807) is 0 Å². The Labute approximate surface area is 76.5 Å². The molecule has 0 bridgehead atoms. The minimum atomic E-state index is -3.70. The van der Waals surface area contributed by atoms with E-state index in [9.17, 15) is 12.8 Å². The molecule has 0 aliphatic heterocycles. The average Bonchev–Trinajstić information content (AvgIpc) is 2.11. The van der Waals surface area contributed by atoms with Crippen LogP contribution in [-0.4, -0.2) is 19.8 Å². The standard InChI is InChI=1S/C7H12ClFO2S/c8-12(10,11)7-5-3-1-2-4-6(7)9/h6-7H,1-5H2/t6-,7-/m1/s1. The third-order valence-corrected chi connectivity index (χ3v) is 4.17. The van der Waals surface area contributed by atoms with Crippen LogP contribution in [0.15, 0.2) is 0 Å². The summed E-state index contributed by atoms with van der Waals surface area (Å²) in [5, 5.41) is -0.971. The van der Waals surface area contributed by atoms with Gasteiger partial charge in [-0.3, -0.25) is 0 Å². The molecule has 1 rings (SSSR count). The molecule has 2 nitrogen and oxygen atoms in total. The van der Waals surface area contributed by atoms with Gasteiger partial charge in [0, 0.05) is 10.7 Å². The fourth-order valence-electron chi connectivity index (χ4n) is 1.55. The van der Waals surface area contributed by atoms with E-state index in [1.807, 2.05) is 0 Å². The molecule has 0 unspecified atom stereocenters. The molecule has 0 amide bonds. The Morgan fingerprint density at radius 2 is 1.75 bits per heavy atom. The van der Waals surface area contributed by atoms with E-state index in [0.29, 0.717) is 12.8 Å². The molecule has 0 aromatic carbocycles. The molecular formula is C7H12ClFO2S. The van der Waals surface area contributed by atoms with Crippen LogP contribution >= 0.6 is 10.7 Å². The average molecular weight is 215 g/mol. The molecule has 12 heavy (non-hydrogen) atoms. The van der Waals surface area contributed by atoms with Gasteiger partial charge in [-0.1, -0.05) is 19.3 Å². The van der Waals surface area contributed by atoms with Crippen LogP contribution in [0, 0.1) is 0 Å². The minimum absolute atomic E-state index is 0.330. The summed E-state index contributed by atoms with van der Waals surface area (Å²) in [7, 11) is 1.41. The van der Waals surface area contributed by atoms with Gasteiger partial charge in [-0.15, -0.1) is 0 Å². The van der Waals surface area contributed by atoms with Crippen molar-refractivity contribution in [3.63, 3.8) is 0 Å². The first kappa shape index (κ1) is 10.3. The van der Waals surface area contributed by atoms with Crippen molar-refractivity contribution in [2.45, 2.75) is 43.5 Å². The fraction of sp³-hybridized carbons (Fsp3) is 1.00. The Morgan fingerprint density at radius 3 is 2.33 bits per heavy atom. The van der Waals surface area contributed by atoms with Crippen molar-refractivity contribution in [2.24, 2.45) is 0 Å². The molecule has 0 N–H and O–H groups in total. The molecule has 0 heterocycles. The lowest BCUT2D eigenvalue weighted by Crippen LogP contribution is -2.26. The smallest absolute Gasteiger partial charge is 0.238 e. The molecule has 2 atom stereocenters. The lowest BCUT2D eigenvalue weighted by Gasteiger charge is -2.13. The van der Waals surface area contributed by atoms with Crippen molar-refractivity contribution in [2.75, 3.05) is 0 Å². The summed E-state index contributed by atoms with van der Waals surface area (Å²) in [6.45, 7) is 0. The number of alkyl halides is 1. The maximum atomic E-state index is 13.1. The monoisotopic (exact) mass is 214 g/mol. The van der Waals surface area contributed by atoms with Gasteiger partial charge in [0.05, 0.1) is 0 Å². The normalized spacial score (nSPS) is 32.8. The van der Waals surface area contributed by atoms with E-state index >= 15 is 0 Å². The Morgan fingerprint density at radius 1 is 1.17 bits per heavy atom. The Kier molecular flexibility index (Phi) is 3.35. The van der Waals surface area contributed by atoms with Gasteiger partial charge in [0.2, 0.25) is 9.05 Å². The Hall–Kier alpha value is 0.170. The number of hydrogen-bond donors (Lipinski definition) is 0. The number of hydrogen-bond acceptors (Lipinski definition) is 2. The van der Waals surface area contributed by atoms with Crippen molar-refractivity contribution >= 4 is 19.7 Å². The van der Waals surface area contributed by atoms with Gasteiger partial charge in [0.15, 0.2) is 0 Å². The molecule has 5 heteroatoms. The summed E-state index contributed by atoms with van der Waals surface area (Å²) in [4.78, 5) is 0. The highest BCUT2D eigenvalue weighted by atomic mass is 35.7. The maximum Gasteiger partial charge on any atom is 0.238 e. The van der Waals surface area contributed by atoms with Crippen molar-refractivity contribution in [1.82, 2.24) is 0 Å². The predicted molar refractivity (Wildman–Crippen MR) is 46.5 cm³/mol. The van der Waals surface area contributed by atoms with Gasteiger partial charge in [0.25, 0.3) is 0 Å². The van der Waals surface area contributed by atoms with Crippen LogP contribution in [0.4, 0.5) is 4.39 Å². The van der Waals surface area contributed by atoms with Crippen LogP contribution < -0.4 is 0 Å². The van der Waals surface area contributed by atoms with Crippen molar-refractivity contribution in [3.05, 3.63) is 0 Å². The third-order valence-electron chi connectivity index (χ3n) is 2.23. The molecule has 1 saturated carbocycles. The zero-order valence-electron chi connectivity index (χ0n) is 6.67. The second-order valence-corrected chi connectivity index (χ2v) is 6.02. The first-order chi connectivity index (χ1) is 5.52. The van der Waals surface area contributed by atoms with Gasteiger partial charge in [-0.2, -0.15) is 0 Å². The van der Waals surface area contributed by atoms with Crippen molar-refractivity contribution in [1.29, 1.82) is 0 Å². The fourth-order valence-corrected chi connectivity index (χ4v) is 3.08. The topological polar surface area (TPSA) is 34.1 Å². The highest BCUT2D eigenvalue weighted by molar-refractivity contribution is 8.14. The molecule has 1 aliphatic carbocycles. The maximum absolute atomic E-state index is 13.1. The second kappa shape index (κ2) is 3.92. The highest BCUT2D eigenvalue weighted by Gasteiger charge is 2.32. The number of rotatable bonds is 1. The molecule has 0 aromatic rings. The predicted octanol–water partition coefficient (Wildman–Crippen LogP) is 2.23. The first-order valence-electron chi connectivity index (χ1n) is 4.09. The lowest BCUT2D eigenvalue weighted by molar-refractivity contribution is 0.303. The minimum Gasteiger partial charge on any atom is -0.246 e. The second-order valence-electron chi connectivity index (χ2n) is 3.17. The summed E-state index contributed by atoms with van der Waals surface area (Å²) < 4.78 is 34.9. The Balaban J connectivity index is 2.72. The summed E-state index contributed by atoms with van der Waals surface area (Å²) in [6.07, 6.45) is 1.86. The molecule has 72 valence electrons. The summed E-state index contributed by atoms with van der Waals surface area (Å²) in [5.41, 5.74) is 0. The molecule has 0 saturated heterocycles. The molecule has 1 fully saturated rings. The zero-order valence-corrected chi connectivity index (χ0v) is 8.24. The van der Waals surface area contributed by atoms with E-state index in [-0.39, 0.29) is 0 Å². The summed E-state index contributed by atoms with van der Waals surface area (Å²) in [6, 6.07) is 0. The summed E-state index contributed by atoms with van der Waals surface area (Å²) >= 11 is 0. The van der Waals surface area contributed by atoms with E-state index in [0.717, 1.165) is 19.3 Å². The van der Waals surface area contributed by atoms with Gasteiger partial charge in [-0.25, -0.2) is 12.8 Å². The van der Waals surface area contributed by atoms with E-state index in [1.165, 1.54) is 0 Å². The van der Waals surface area contributed by atoms with Gasteiger partial charge in [-0.05, 0) is 12.8 Å². The van der Waals surface area contributed by atoms with Crippen LogP contribution in [-0.2, 0) is 9.05 Å². The lowest BCUT2D eigenvalue weighted by atomic mass is 10.2. The van der Waals surface area contributed by atoms with Crippen LogP contribution in [0.3, 0.4) is 0 Å². The summed E-state index contributed by atoms with van der Waals surface area (Å²) in [5.74, 6) is 0. The van der Waals surface area contributed by atoms with Gasteiger partial charge >= 0.3 is 0 Å². The SMILES string of the molecule is O=S(=O)(Cl)[C@@H]1CCCCC[C@H]1F. The van der Waals surface area contributed by atoms with E-state index in [4.69, 9.17) is 10.7 Å². The molecular weight excluding hydrogens is 203 g/mol. The molecule has 0 radical (unpaired) electrons. The largest absolute Gasteiger partial charge is 0.246 e. The molecule has 1 aliphatic rings. The van der Waals surface area contributed by atoms with Crippen molar-refractivity contribution < 1.29 is 12.8 Å². The third kappa shape index (κ3) is 2.59. The van der Waals surface area contributed by atoms with Crippen LogP contribution in [0.1, 0.15) is 32.1 Å². The highest BCUT2D eigenvalue weighted by Crippen LogP contribution is 2.27. The van der Waals surface area contributed by atoms with Crippen molar-refractivity contribution in [3.8, 4) is 0 Å². The van der Waals surface area contributed by atoms with Gasteiger partial charge in [0.1, 0.15) is 11.4 Å². The number of halogens is 2. The molecule has 0 aromatic heterocycles. The zero-order chi connectivity index (χ0) is 9.19. The Bertz CT molecular complexity index is 240. The quantitative estimate of drug-likeness (QED) is 0.496. The van der Waals surface area contributed by atoms with E-state index < -0.39 is 20.5 Å². The van der Waals surface area contributed by atoms with Crippen LogP contribution in [0.2, 0.25) is 0 Å². The molecule has 0 spiro atoms. The van der Waals surface area contributed by atoms with Crippen LogP contribution in [0.25, 0.3) is 0 Å².